The van der Waals surface area contributed by atoms with E-state index >= 15 is 0 Å². The van der Waals surface area contributed by atoms with Gasteiger partial charge in [0.2, 0.25) is 0 Å². The first-order valence-electron chi connectivity index (χ1n) is 9.17. The number of primary amides is 1. The van der Waals surface area contributed by atoms with Crippen LogP contribution in [-0.2, 0) is 4.74 Å². The molecule has 8 heteroatoms. The van der Waals surface area contributed by atoms with Gasteiger partial charge in [0.1, 0.15) is 22.9 Å². The molecule has 158 valence electrons. The van der Waals surface area contributed by atoms with Crippen LogP contribution < -0.4 is 15.2 Å². The number of methoxy groups -OCH3 is 1. The molecule has 0 bridgehead atoms. The second-order valence-corrected chi connectivity index (χ2v) is 7.31. The number of allylic oxidation sites excluding steroid dienone is 2. The van der Waals surface area contributed by atoms with Crippen LogP contribution in [0.15, 0.2) is 52.9 Å². The van der Waals surface area contributed by atoms with E-state index in [-0.39, 0.29) is 5.75 Å². The topological polar surface area (TPSA) is 70.8 Å². The van der Waals surface area contributed by atoms with E-state index in [1.807, 2.05) is 30.3 Å². The first-order valence-corrected chi connectivity index (χ1v) is 9.96. The van der Waals surface area contributed by atoms with Crippen molar-refractivity contribution >= 4 is 27.4 Å². The van der Waals surface area contributed by atoms with E-state index in [4.69, 9.17) is 19.9 Å². The third-order valence-corrected chi connectivity index (χ3v) is 5.27. The van der Waals surface area contributed by atoms with Crippen LogP contribution in [0.5, 0.6) is 11.5 Å². The molecule has 3 rings (SSSR count). The quantitative estimate of drug-likeness (QED) is 0.610. The first kappa shape index (κ1) is 21.8. The van der Waals surface area contributed by atoms with Crippen LogP contribution in [0, 0.1) is 11.6 Å². The summed E-state index contributed by atoms with van der Waals surface area (Å²) in [4.78, 5) is 11.3. The molecule has 2 aromatic carbocycles. The maximum atomic E-state index is 14.5. The molecule has 0 fully saturated rings. The van der Waals surface area contributed by atoms with Crippen molar-refractivity contribution in [1.82, 2.24) is 0 Å². The van der Waals surface area contributed by atoms with Gasteiger partial charge in [-0.15, -0.1) is 0 Å². The van der Waals surface area contributed by atoms with Crippen LogP contribution in [0.25, 0.3) is 5.57 Å². The average molecular weight is 480 g/mol. The summed E-state index contributed by atoms with van der Waals surface area (Å²) in [6.07, 6.45) is 2.52. The van der Waals surface area contributed by atoms with Crippen molar-refractivity contribution in [2.45, 2.75) is 25.9 Å². The van der Waals surface area contributed by atoms with Crippen LogP contribution in [0.1, 0.15) is 35.7 Å². The van der Waals surface area contributed by atoms with Gasteiger partial charge in [-0.2, -0.15) is 0 Å². The second-order valence-electron chi connectivity index (χ2n) is 6.59. The third-order valence-electron chi connectivity index (χ3n) is 4.63. The monoisotopic (exact) mass is 479 g/mol. The number of rotatable bonds is 6. The van der Waals surface area contributed by atoms with Gasteiger partial charge in [-0.25, -0.2) is 8.78 Å². The highest BCUT2D eigenvalue weighted by Crippen LogP contribution is 2.35. The minimum atomic E-state index is -1.21. The molecular formula is C22H20BrF2NO4. The van der Waals surface area contributed by atoms with Crippen LogP contribution in [0.2, 0.25) is 0 Å². The molecule has 1 atom stereocenters. The molecule has 1 aliphatic heterocycles. The molecule has 30 heavy (non-hydrogen) atoms. The molecule has 0 spiro atoms. The summed E-state index contributed by atoms with van der Waals surface area (Å²) in [5.74, 6) is -2.47. The van der Waals surface area contributed by atoms with Crippen molar-refractivity contribution in [3.63, 3.8) is 0 Å². The maximum absolute atomic E-state index is 14.5. The smallest absolute Gasteiger partial charge is 0.254 e. The largest absolute Gasteiger partial charge is 0.497 e. The zero-order chi connectivity index (χ0) is 21.8. The zero-order valence-corrected chi connectivity index (χ0v) is 18.0. The Labute approximate surface area is 181 Å². The number of ether oxygens (including phenoxy) is 3. The van der Waals surface area contributed by atoms with Gasteiger partial charge < -0.3 is 19.9 Å². The number of hydrogen-bond acceptors (Lipinski definition) is 4. The molecular weight excluding hydrogens is 460 g/mol. The molecule has 0 radical (unpaired) electrons. The predicted octanol–water partition coefficient (Wildman–Crippen LogP) is 5.30. The van der Waals surface area contributed by atoms with Crippen molar-refractivity contribution in [3.05, 3.63) is 75.7 Å². The number of nitrogens with two attached hydrogens (primary N) is 1. The molecule has 0 saturated heterocycles. The van der Waals surface area contributed by atoms with Gasteiger partial charge in [0.15, 0.2) is 22.3 Å². The van der Waals surface area contributed by atoms with Gasteiger partial charge in [0.05, 0.1) is 7.11 Å². The Kier molecular flexibility index (Phi) is 6.77. The number of carbonyl (C=O) groups is 1. The Morgan fingerprint density at radius 3 is 2.53 bits per heavy atom. The van der Waals surface area contributed by atoms with Crippen LogP contribution >= 0.6 is 15.9 Å². The lowest BCUT2D eigenvalue weighted by Crippen LogP contribution is -2.20. The average Bonchev–Trinajstić information content (AvgIpc) is 2.91. The van der Waals surface area contributed by atoms with Gasteiger partial charge in [-0.1, -0.05) is 12.1 Å². The summed E-state index contributed by atoms with van der Waals surface area (Å²) >= 11 is 3.47. The molecule has 0 aromatic heterocycles. The van der Waals surface area contributed by atoms with Gasteiger partial charge in [-0.05, 0) is 71.6 Å². The molecule has 2 N–H and O–H groups in total. The van der Waals surface area contributed by atoms with Gasteiger partial charge >= 0.3 is 0 Å². The summed E-state index contributed by atoms with van der Waals surface area (Å²) in [7, 11) is 1.60. The van der Waals surface area contributed by atoms with Gasteiger partial charge in [0, 0.05) is 5.57 Å². The van der Waals surface area contributed by atoms with Gasteiger partial charge in [-0.3, -0.25) is 4.79 Å². The van der Waals surface area contributed by atoms with Crippen molar-refractivity contribution in [1.29, 1.82) is 0 Å². The van der Waals surface area contributed by atoms with E-state index < -0.39 is 29.2 Å². The zero-order valence-electron chi connectivity index (χ0n) is 16.4. The lowest BCUT2D eigenvalue weighted by Gasteiger charge is -2.19. The summed E-state index contributed by atoms with van der Waals surface area (Å²) in [5.41, 5.74) is 6.15. The van der Waals surface area contributed by atoms with E-state index in [2.05, 4.69) is 15.9 Å². The van der Waals surface area contributed by atoms with E-state index in [9.17, 15) is 13.6 Å². The van der Waals surface area contributed by atoms with Crippen molar-refractivity contribution < 1.29 is 27.8 Å². The fourth-order valence-corrected chi connectivity index (χ4v) is 3.68. The number of benzene rings is 2. The summed E-state index contributed by atoms with van der Waals surface area (Å²) in [6, 6.07) is 9.64. The molecule has 2 aromatic rings. The molecule has 1 unspecified atom stereocenters. The normalized spacial score (nSPS) is 15.0. The number of hydrogen-bond donors (Lipinski definition) is 1. The molecule has 1 amide bonds. The Balaban J connectivity index is 1.80. The Morgan fingerprint density at radius 1 is 1.20 bits per heavy atom. The summed E-state index contributed by atoms with van der Waals surface area (Å²) in [6.45, 7) is 1.66. The minimum Gasteiger partial charge on any atom is -0.497 e. The maximum Gasteiger partial charge on any atom is 0.254 e. The highest BCUT2D eigenvalue weighted by atomic mass is 79.9. The Bertz CT molecular complexity index is 1020. The van der Waals surface area contributed by atoms with E-state index in [1.165, 1.54) is 0 Å². The molecule has 1 aliphatic rings. The highest BCUT2D eigenvalue weighted by Gasteiger charge is 2.24. The Hall–Kier alpha value is -2.87. The second kappa shape index (κ2) is 9.30. The number of carbonyl (C=O) groups excluding carboxylic acids is 1. The van der Waals surface area contributed by atoms with Crippen molar-refractivity contribution in [3.8, 4) is 11.5 Å². The van der Waals surface area contributed by atoms with Crippen LogP contribution in [0.4, 0.5) is 8.78 Å². The lowest BCUT2D eigenvalue weighted by atomic mass is 10.0. The predicted molar refractivity (Wildman–Crippen MR) is 112 cm³/mol. The third kappa shape index (κ3) is 4.64. The molecule has 0 saturated carbocycles. The first-order chi connectivity index (χ1) is 14.3. The van der Waals surface area contributed by atoms with Crippen LogP contribution in [0.3, 0.4) is 0 Å². The lowest BCUT2D eigenvalue weighted by molar-refractivity contribution is 0.0990. The van der Waals surface area contributed by atoms with E-state index in [0.717, 1.165) is 29.0 Å². The van der Waals surface area contributed by atoms with Crippen molar-refractivity contribution in [2.75, 3.05) is 7.11 Å². The number of amides is 1. The summed E-state index contributed by atoms with van der Waals surface area (Å²) in [5, 5.41) is 0. The van der Waals surface area contributed by atoms with E-state index in [1.54, 1.807) is 14.0 Å². The van der Waals surface area contributed by atoms with Crippen molar-refractivity contribution in [2.24, 2.45) is 5.73 Å². The van der Waals surface area contributed by atoms with Gasteiger partial charge in [0.25, 0.3) is 5.91 Å². The minimum absolute atomic E-state index is 0.290. The highest BCUT2D eigenvalue weighted by molar-refractivity contribution is 9.11. The summed E-state index contributed by atoms with van der Waals surface area (Å²) < 4.78 is 45.4. The fourth-order valence-electron chi connectivity index (χ4n) is 3.06. The molecule has 5 nitrogen and oxygen atoms in total. The number of halogens is 3. The standard InChI is InChI=1S/C22H20BrF2NO4/c1-12(29-18-11-10-16(24)19(20(18)25)22(26)27)17-5-3-4-15(21(23)30-17)13-6-8-14(28-2)9-7-13/h5-12H,3-4H2,1-2H3,(H2,26,27). The van der Waals surface area contributed by atoms with Crippen LogP contribution in [-0.4, -0.2) is 19.1 Å². The fraction of sp³-hybridized carbons (Fsp3) is 0.227. The van der Waals surface area contributed by atoms with E-state index in [0.29, 0.717) is 23.3 Å². The molecule has 1 heterocycles. The molecule has 0 aliphatic carbocycles. The SMILES string of the molecule is COc1ccc(C2=C(Br)OC(C(C)Oc3ccc(F)c(C(N)=O)c3F)=CCC2)cc1. The Morgan fingerprint density at radius 2 is 1.90 bits per heavy atom.